The Morgan fingerprint density at radius 3 is 1.28 bits per heavy atom. The largest absolute Gasteiger partial charge is 0.472 e. The summed E-state index contributed by atoms with van der Waals surface area (Å²) in [5.74, 6) is -0.194. The number of aliphatic hydroxyl groups excluding tert-OH is 1. The van der Waals surface area contributed by atoms with Crippen molar-refractivity contribution in [1.82, 2.24) is 5.32 Å². The van der Waals surface area contributed by atoms with Crippen LogP contribution >= 0.6 is 7.82 Å². The van der Waals surface area contributed by atoms with E-state index in [1.807, 2.05) is 27.2 Å². The van der Waals surface area contributed by atoms with Gasteiger partial charge in [-0.1, -0.05) is 239 Å². The fourth-order valence-corrected chi connectivity index (χ4v) is 8.64. The molecule has 3 N–H and O–H groups in total. The summed E-state index contributed by atoms with van der Waals surface area (Å²) in [5.41, 5.74) is 0. The molecule has 0 saturated heterocycles. The number of phosphoric acid groups is 1. The van der Waals surface area contributed by atoms with E-state index in [-0.39, 0.29) is 19.1 Å². The number of aliphatic hydroxyl groups is 1. The van der Waals surface area contributed by atoms with Gasteiger partial charge in [0.2, 0.25) is 5.91 Å². The van der Waals surface area contributed by atoms with Crippen LogP contribution in [0.1, 0.15) is 232 Å². The van der Waals surface area contributed by atoms with E-state index < -0.39 is 20.0 Å². The second kappa shape index (κ2) is 53.0. The van der Waals surface area contributed by atoms with Gasteiger partial charge in [-0.15, -0.1) is 0 Å². The number of quaternary nitrogens is 1. The van der Waals surface area contributed by atoms with Crippen LogP contribution < -0.4 is 5.32 Å². The number of allylic oxidation sites excluding steroid dienone is 17. The van der Waals surface area contributed by atoms with E-state index >= 15 is 0 Å². The number of carbonyl (C=O) groups excluding carboxylic acids is 1. The summed E-state index contributed by atoms with van der Waals surface area (Å²) in [7, 11) is 1.54. The molecule has 0 fully saturated rings. The van der Waals surface area contributed by atoms with Crippen molar-refractivity contribution in [3.8, 4) is 0 Å². The third kappa shape index (κ3) is 54.9. The molecule has 0 aliphatic carbocycles. The van der Waals surface area contributed by atoms with E-state index in [9.17, 15) is 19.4 Å². The van der Waals surface area contributed by atoms with Gasteiger partial charge in [0.1, 0.15) is 13.2 Å². The second-order valence-corrected chi connectivity index (χ2v) is 22.1. The molecule has 1 amide bonds. The van der Waals surface area contributed by atoms with Gasteiger partial charge < -0.3 is 19.8 Å². The summed E-state index contributed by atoms with van der Waals surface area (Å²) in [6.45, 7) is 4.63. The molecule has 414 valence electrons. The van der Waals surface area contributed by atoms with E-state index in [1.165, 1.54) is 122 Å². The number of unbranched alkanes of at least 4 members (excludes halogenated alkanes) is 23. The first-order valence-electron chi connectivity index (χ1n) is 29.3. The van der Waals surface area contributed by atoms with Crippen molar-refractivity contribution in [2.45, 2.75) is 244 Å². The van der Waals surface area contributed by atoms with Crippen LogP contribution in [0.2, 0.25) is 0 Å². The topological polar surface area (TPSA) is 105 Å². The van der Waals surface area contributed by atoms with Crippen LogP contribution in [-0.4, -0.2) is 73.4 Å². The molecule has 0 aliphatic rings. The summed E-state index contributed by atoms with van der Waals surface area (Å²) in [6, 6.07) is -0.873. The molecule has 3 atom stereocenters. The lowest BCUT2D eigenvalue weighted by Crippen LogP contribution is -2.45. The van der Waals surface area contributed by atoms with Gasteiger partial charge in [-0.2, -0.15) is 0 Å². The second-order valence-electron chi connectivity index (χ2n) is 20.6. The van der Waals surface area contributed by atoms with Crippen LogP contribution in [-0.2, 0) is 18.4 Å². The van der Waals surface area contributed by atoms with Crippen LogP contribution in [0.25, 0.3) is 0 Å². The zero-order valence-electron chi connectivity index (χ0n) is 47.1. The first-order valence-corrected chi connectivity index (χ1v) is 30.8. The smallest absolute Gasteiger partial charge is 0.387 e. The van der Waals surface area contributed by atoms with Gasteiger partial charge >= 0.3 is 7.82 Å². The van der Waals surface area contributed by atoms with E-state index in [0.717, 1.165) is 89.9 Å². The SMILES string of the molecule is CC/C=C\C/C=C\C/C=C\C/C=C\C/C=C\C/C=C\CCCCCCCCCCCCCCCCCCCCC(=O)NC(COP(=O)(O)OCC[N+](C)(C)C)C(O)/C=C/CC/C=C/CC/C=C/CCCCC. The molecular weight excluding hydrogens is 912 g/mol. The van der Waals surface area contributed by atoms with Crippen LogP contribution in [0, 0.1) is 0 Å². The Bertz CT molecular complexity index is 1540. The zero-order valence-corrected chi connectivity index (χ0v) is 48.0. The summed E-state index contributed by atoms with van der Waals surface area (Å²) >= 11 is 0. The number of nitrogens with one attached hydrogen (secondary N) is 1. The Labute approximate surface area is 444 Å². The Kier molecular flexibility index (Phi) is 50.9. The third-order valence-corrected chi connectivity index (χ3v) is 13.4. The third-order valence-electron chi connectivity index (χ3n) is 12.5. The number of rotatable bonds is 52. The van der Waals surface area contributed by atoms with Crippen molar-refractivity contribution < 1.29 is 32.9 Å². The van der Waals surface area contributed by atoms with Crippen LogP contribution in [0.3, 0.4) is 0 Å². The standard InChI is InChI=1S/C63H111N2O6P/c1-6-8-10-12-14-16-18-20-21-22-23-24-25-26-27-28-29-30-31-32-33-34-35-36-37-38-39-40-41-42-43-45-47-49-51-53-55-57-63(67)64-61(60-71-72(68,69)70-59-58-65(3,4)5)62(66)56-54-52-50-48-46-44-19-17-15-13-11-9-7-2/h8,10,14-17,20-21,23-24,26-27,29-30,46,48,54,56,61-62,66H,6-7,9,11-13,18-19,22,25,28,31-45,47,49-53,55,57-60H2,1-5H3,(H-,64,67,68,69)/p+1/b10-8-,16-14-,17-15+,21-20-,24-23-,27-26-,30-29-,48-46+,56-54+. The van der Waals surface area contributed by atoms with Crippen molar-refractivity contribution in [2.24, 2.45) is 0 Å². The molecule has 0 aromatic carbocycles. The Morgan fingerprint density at radius 1 is 0.486 bits per heavy atom. The molecule has 0 saturated carbocycles. The molecule has 0 aromatic rings. The van der Waals surface area contributed by atoms with Crippen LogP contribution in [0.4, 0.5) is 0 Å². The van der Waals surface area contributed by atoms with Gasteiger partial charge in [0.05, 0.1) is 39.9 Å². The van der Waals surface area contributed by atoms with Crippen molar-refractivity contribution in [1.29, 1.82) is 0 Å². The first-order chi connectivity index (χ1) is 35.0. The number of amides is 1. The van der Waals surface area contributed by atoms with Crippen molar-refractivity contribution in [3.05, 3.63) is 109 Å². The Morgan fingerprint density at radius 2 is 0.847 bits per heavy atom. The molecule has 0 aliphatic heterocycles. The summed E-state index contributed by atoms with van der Waals surface area (Å²) < 4.78 is 23.6. The van der Waals surface area contributed by atoms with E-state index in [1.54, 1.807) is 6.08 Å². The minimum Gasteiger partial charge on any atom is -0.387 e. The van der Waals surface area contributed by atoms with E-state index in [2.05, 4.69) is 116 Å². The fourth-order valence-electron chi connectivity index (χ4n) is 7.90. The molecular formula is C63H112N2O6P+. The predicted molar refractivity (Wildman–Crippen MR) is 313 cm³/mol. The first kappa shape index (κ1) is 69.2. The maximum Gasteiger partial charge on any atom is 0.472 e. The summed E-state index contributed by atoms with van der Waals surface area (Å²) in [4.78, 5) is 23.2. The van der Waals surface area contributed by atoms with Crippen LogP contribution in [0.15, 0.2) is 109 Å². The molecule has 3 unspecified atom stereocenters. The normalized spacial score (nSPS) is 14.7. The van der Waals surface area contributed by atoms with Crippen LogP contribution in [0.5, 0.6) is 0 Å². The monoisotopic (exact) mass is 1020 g/mol. The number of hydrogen-bond donors (Lipinski definition) is 3. The fraction of sp³-hybridized carbons (Fsp3) is 0.698. The molecule has 0 bridgehead atoms. The van der Waals surface area contributed by atoms with Gasteiger partial charge in [-0.25, -0.2) is 4.57 Å². The summed E-state index contributed by atoms with van der Waals surface area (Å²) in [5, 5.41) is 13.9. The molecule has 0 rings (SSSR count). The maximum absolute atomic E-state index is 13.0. The van der Waals surface area contributed by atoms with Crippen molar-refractivity contribution in [3.63, 3.8) is 0 Å². The van der Waals surface area contributed by atoms with Gasteiger partial charge in [0, 0.05) is 6.42 Å². The van der Waals surface area contributed by atoms with E-state index in [4.69, 9.17) is 9.05 Å². The van der Waals surface area contributed by atoms with Crippen molar-refractivity contribution >= 4 is 13.7 Å². The lowest BCUT2D eigenvalue weighted by atomic mass is 10.0. The highest BCUT2D eigenvalue weighted by Crippen LogP contribution is 2.43. The van der Waals surface area contributed by atoms with Gasteiger partial charge in [-0.3, -0.25) is 13.8 Å². The molecule has 0 radical (unpaired) electrons. The average molecular weight is 1020 g/mol. The number of carbonyl (C=O) groups is 1. The molecule has 9 heteroatoms. The maximum atomic E-state index is 13.0. The molecule has 0 aromatic heterocycles. The van der Waals surface area contributed by atoms with E-state index in [0.29, 0.717) is 17.4 Å². The predicted octanol–water partition coefficient (Wildman–Crippen LogP) is 18.0. The molecule has 0 heterocycles. The minimum atomic E-state index is -4.36. The Balaban J connectivity index is 4.02. The lowest BCUT2D eigenvalue weighted by molar-refractivity contribution is -0.870. The number of likely N-dealkylation sites (N-methyl/N-ethyl adjacent to an activating group) is 1. The van der Waals surface area contributed by atoms with Gasteiger partial charge in [-0.05, 0) is 96.3 Å². The highest BCUT2D eigenvalue weighted by atomic mass is 31.2. The number of nitrogens with zero attached hydrogens (tertiary/aromatic N) is 1. The highest BCUT2D eigenvalue weighted by Gasteiger charge is 2.27. The zero-order chi connectivity index (χ0) is 52.7. The molecule has 8 nitrogen and oxygen atoms in total. The molecule has 72 heavy (non-hydrogen) atoms. The minimum absolute atomic E-state index is 0.0502. The number of hydrogen-bond acceptors (Lipinski definition) is 5. The lowest BCUT2D eigenvalue weighted by Gasteiger charge is -2.25. The van der Waals surface area contributed by atoms with Gasteiger partial charge in [0.15, 0.2) is 0 Å². The number of phosphoric ester groups is 1. The quantitative estimate of drug-likeness (QED) is 0.0243. The average Bonchev–Trinajstić information content (AvgIpc) is 3.34. The molecule has 0 spiro atoms. The highest BCUT2D eigenvalue weighted by molar-refractivity contribution is 7.47. The summed E-state index contributed by atoms with van der Waals surface area (Å²) in [6.07, 6.45) is 77.8. The Hall–Kier alpha value is -2.84. The van der Waals surface area contributed by atoms with Crippen molar-refractivity contribution in [2.75, 3.05) is 40.9 Å². The van der Waals surface area contributed by atoms with Gasteiger partial charge in [0.25, 0.3) is 0 Å².